The topological polar surface area (TPSA) is 16.1 Å². The fourth-order valence-electron chi connectivity index (χ4n) is 1.81. The predicted octanol–water partition coefficient (Wildman–Crippen LogP) is 4.44. The lowest BCUT2D eigenvalue weighted by atomic mass is 10.1. The van der Waals surface area contributed by atoms with Gasteiger partial charge in [-0.05, 0) is 40.0 Å². The van der Waals surface area contributed by atoms with Crippen LogP contribution in [-0.2, 0) is 6.54 Å². The second-order valence-electron chi connectivity index (χ2n) is 4.24. The average Bonchev–Trinajstić information content (AvgIpc) is 2.32. The summed E-state index contributed by atoms with van der Waals surface area (Å²) in [5.74, 6) is 0.795. The van der Waals surface area contributed by atoms with E-state index in [1.165, 1.54) is 11.1 Å². The van der Waals surface area contributed by atoms with Crippen molar-refractivity contribution in [3.8, 4) is 0 Å². The van der Waals surface area contributed by atoms with Gasteiger partial charge in [0.1, 0.15) is 5.82 Å². The first kappa shape index (κ1) is 13.4. The van der Waals surface area contributed by atoms with Crippen molar-refractivity contribution in [3.05, 3.63) is 57.2 Å². The summed E-state index contributed by atoms with van der Waals surface area (Å²) in [5.41, 5.74) is 2.55. The molecular weight excluding hydrogens is 312 g/mol. The van der Waals surface area contributed by atoms with Gasteiger partial charge in [-0.3, -0.25) is 0 Å². The third-order valence-corrected chi connectivity index (χ3v) is 3.53. The van der Waals surface area contributed by atoms with E-state index in [1.807, 2.05) is 25.2 Å². The summed E-state index contributed by atoms with van der Waals surface area (Å²) in [4.78, 5) is 6.40. The van der Waals surface area contributed by atoms with Crippen LogP contribution in [0.3, 0.4) is 0 Å². The third kappa shape index (κ3) is 3.03. The normalized spacial score (nSPS) is 10.4. The van der Waals surface area contributed by atoms with Crippen molar-refractivity contribution >= 4 is 33.3 Å². The molecule has 0 radical (unpaired) electrons. The monoisotopic (exact) mass is 324 g/mol. The van der Waals surface area contributed by atoms with Crippen LogP contribution >= 0.6 is 27.5 Å². The minimum absolute atomic E-state index is 0.653. The molecule has 0 aliphatic rings. The number of aryl methyl sites for hydroxylation is 1. The van der Waals surface area contributed by atoms with Gasteiger partial charge in [-0.1, -0.05) is 35.9 Å². The molecule has 1 aromatic carbocycles. The Hall–Kier alpha value is -1.06. The predicted molar refractivity (Wildman–Crippen MR) is 80.2 cm³/mol. The molecule has 2 nitrogen and oxygen atoms in total. The van der Waals surface area contributed by atoms with E-state index in [-0.39, 0.29) is 0 Å². The lowest BCUT2D eigenvalue weighted by molar-refractivity contribution is 0.890. The van der Waals surface area contributed by atoms with Crippen molar-refractivity contribution in [1.82, 2.24) is 4.98 Å². The molecule has 1 aromatic heterocycles. The lowest BCUT2D eigenvalue weighted by Crippen LogP contribution is -2.18. The quantitative estimate of drug-likeness (QED) is 0.829. The Morgan fingerprint density at radius 2 is 2.06 bits per heavy atom. The molecule has 2 aromatic rings. The summed E-state index contributed by atoms with van der Waals surface area (Å²) in [6.45, 7) is 2.90. The Morgan fingerprint density at radius 3 is 2.72 bits per heavy atom. The average molecular weight is 326 g/mol. The van der Waals surface area contributed by atoms with Gasteiger partial charge in [0, 0.05) is 24.3 Å². The Kier molecular flexibility index (Phi) is 4.25. The zero-order chi connectivity index (χ0) is 13.1. The van der Waals surface area contributed by atoms with E-state index >= 15 is 0 Å². The van der Waals surface area contributed by atoms with E-state index < -0.39 is 0 Å². The van der Waals surface area contributed by atoms with E-state index in [4.69, 9.17) is 11.6 Å². The molecule has 0 saturated carbocycles. The highest BCUT2D eigenvalue weighted by molar-refractivity contribution is 9.10. The van der Waals surface area contributed by atoms with E-state index in [1.54, 1.807) is 6.20 Å². The highest BCUT2D eigenvalue weighted by atomic mass is 79.9. The standard InChI is InChI=1S/C14H14BrClN2/c1-10-5-3-4-6-11(10)9-18(2)14-13(16)7-12(15)8-17-14/h3-8H,9H2,1-2H3. The fourth-order valence-corrected chi connectivity index (χ4v) is 2.58. The Bertz CT molecular complexity index is 557. The fraction of sp³-hybridized carbons (Fsp3) is 0.214. The van der Waals surface area contributed by atoms with Gasteiger partial charge in [-0.2, -0.15) is 0 Å². The molecule has 0 aliphatic carbocycles. The molecule has 18 heavy (non-hydrogen) atoms. The maximum Gasteiger partial charge on any atom is 0.147 e. The van der Waals surface area contributed by atoms with Crippen LogP contribution in [0.5, 0.6) is 0 Å². The summed E-state index contributed by atoms with van der Waals surface area (Å²) in [6.07, 6.45) is 1.76. The second-order valence-corrected chi connectivity index (χ2v) is 5.56. The SMILES string of the molecule is Cc1ccccc1CN(C)c1ncc(Br)cc1Cl. The number of hydrogen-bond acceptors (Lipinski definition) is 2. The van der Waals surface area contributed by atoms with E-state index in [9.17, 15) is 0 Å². The first-order chi connectivity index (χ1) is 8.58. The van der Waals surface area contributed by atoms with Crippen molar-refractivity contribution in [2.45, 2.75) is 13.5 Å². The highest BCUT2D eigenvalue weighted by Gasteiger charge is 2.09. The molecule has 0 bridgehead atoms. The van der Waals surface area contributed by atoms with Crippen LogP contribution < -0.4 is 4.90 Å². The number of benzene rings is 1. The summed E-state index contributed by atoms with van der Waals surface area (Å²) < 4.78 is 0.889. The van der Waals surface area contributed by atoms with Crippen molar-refractivity contribution in [2.75, 3.05) is 11.9 Å². The van der Waals surface area contributed by atoms with Crippen LogP contribution in [0.25, 0.3) is 0 Å². The lowest BCUT2D eigenvalue weighted by Gasteiger charge is -2.20. The Labute approximate surface area is 121 Å². The molecule has 0 spiro atoms. The molecule has 2 rings (SSSR count). The first-order valence-corrected chi connectivity index (χ1v) is 6.81. The molecule has 0 saturated heterocycles. The van der Waals surface area contributed by atoms with E-state index in [2.05, 4.69) is 44.9 Å². The summed E-state index contributed by atoms with van der Waals surface area (Å²) >= 11 is 9.55. The third-order valence-electron chi connectivity index (χ3n) is 2.82. The second kappa shape index (κ2) is 5.72. The molecule has 0 unspecified atom stereocenters. The van der Waals surface area contributed by atoms with Gasteiger partial charge in [0.25, 0.3) is 0 Å². The Balaban J connectivity index is 2.22. The van der Waals surface area contributed by atoms with E-state index in [0.29, 0.717) is 5.02 Å². The zero-order valence-electron chi connectivity index (χ0n) is 10.3. The van der Waals surface area contributed by atoms with Crippen LogP contribution in [0.4, 0.5) is 5.82 Å². The number of aromatic nitrogens is 1. The van der Waals surface area contributed by atoms with E-state index in [0.717, 1.165) is 16.8 Å². The summed E-state index contributed by atoms with van der Waals surface area (Å²) in [7, 11) is 1.99. The molecule has 0 fully saturated rings. The van der Waals surface area contributed by atoms with Crippen molar-refractivity contribution in [1.29, 1.82) is 0 Å². The smallest absolute Gasteiger partial charge is 0.147 e. The highest BCUT2D eigenvalue weighted by Crippen LogP contribution is 2.26. The number of rotatable bonds is 3. The number of pyridine rings is 1. The van der Waals surface area contributed by atoms with Crippen molar-refractivity contribution < 1.29 is 0 Å². The molecular formula is C14H14BrClN2. The van der Waals surface area contributed by atoms with Crippen LogP contribution in [-0.4, -0.2) is 12.0 Å². The van der Waals surface area contributed by atoms with Crippen molar-refractivity contribution in [2.24, 2.45) is 0 Å². The van der Waals surface area contributed by atoms with Gasteiger partial charge in [-0.15, -0.1) is 0 Å². The molecule has 0 atom stereocenters. The molecule has 1 heterocycles. The van der Waals surface area contributed by atoms with Gasteiger partial charge in [0.15, 0.2) is 0 Å². The zero-order valence-corrected chi connectivity index (χ0v) is 12.7. The van der Waals surface area contributed by atoms with Gasteiger partial charge in [0.05, 0.1) is 5.02 Å². The molecule has 94 valence electrons. The summed E-state index contributed by atoms with van der Waals surface area (Å²) in [5, 5.41) is 0.653. The molecule has 0 N–H and O–H groups in total. The van der Waals surface area contributed by atoms with Crippen LogP contribution in [0, 0.1) is 6.92 Å². The Morgan fingerprint density at radius 1 is 1.33 bits per heavy atom. The number of halogens is 2. The van der Waals surface area contributed by atoms with Gasteiger partial charge < -0.3 is 4.90 Å². The molecule has 4 heteroatoms. The maximum absolute atomic E-state index is 6.20. The van der Waals surface area contributed by atoms with Crippen LogP contribution in [0.15, 0.2) is 41.0 Å². The largest absolute Gasteiger partial charge is 0.354 e. The number of nitrogens with zero attached hydrogens (tertiary/aromatic N) is 2. The van der Waals surface area contributed by atoms with Crippen LogP contribution in [0.2, 0.25) is 5.02 Å². The number of hydrogen-bond donors (Lipinski definition) is 0. The first-order valence-electron chi connectivity index (χ1n) is 5.64. The van der Waals surface area contributed by atoms with Crippen molar-refractivity contribution in [3.63, 3.8) is 0 Å². The maximum atomic E-state index is 6.20. The minimum Gasteiger partial charge on any atom is -0.354 e. The molecule has 0 aliphatic heterocycles. The molecule has 0 amide bonds. The van der Waals surface area contributed by atoms with Crippen LogP contribution in [0.1, 0.15) is 11.1 Å². The number of anilines is 1. The summed E-state index contributed by atoms with van der Waals surface area (Å²) in [6, 6.07) is 10.2. The van der Waals surface area contributed by atoms with Gasteiger partial charge >= 0.3 is 0 Å². The minimum atomic E-state index is 0.653. The van der Waals surface area contributed by atoms with Gasteiger partial charge in [0.2, 0.25) is 0 Å². The van der Waals surface area contributed by atoms with Gasteiger partial charge in [-0.25, -0.2) is 4.98 Å².